The lowest BCUT2D eigenvalue weighted by Gasteiger charge is -2.31. The molecule has 1 unspecified atom stereocenters. The molecule has 0 saturated carbocycles. The van der Waals surface area contributed by atoms with E-state index >= 15 is 0 Å². The molecule has 0 spiro atoms. The molecule has 6 nitrogen and oxygen atoms in total. The van der Waals surface area contributed by atoms with Crippen LogP contribution in [0.15, 0.2) is 110 Å². The van der Waals surface area contributed by atoms with Crippen molar-refractivity contribution in [3.8, 4) is 11.5 Å². The maximum atomic E-state index is 13.4. The van der Waals surface area contributed by atoms with Gasteiger partial charge in [0.15, 0.2) is 0 Å². The SMILES string of the molecule is O=c1oc2ccccc2c2c1C(c1ccc(Oc3ccccc3)cc1)c1c(ccc3c1CN=N3)N2. The van der Waals surface area contributed by atoms with Gasteiger partial charge in [-0.25, -0.2) is 4.79 Å². The summed E-state index contributed by atoms with van der Waals surface area (Å²) in [5, 5.41) is 13.0. The van der Waals surface area contributed by atoms with Gasteiger partial charge in [-0.2, -0.15) is 10.2 Å². The molecule has 3 heterocycles. The minimum Gasteiger partial charge on any atom is -0.457 e. The van der Waals surface area contributed by atoms with Crippen LogP contribution in [0.2, 0.25) is 0 Å². The summed E-state index contributed by atoms with van der Waals surface area (Å²) in [5.74, 6) is 1.17. The maximum absolute atomic E-state index is 13.4. The highest BCUT2D eigenvalue weighted by molar-refractivity contribution is 5.96. The zero-order valence-electron chi connectivity index (χ0n) is 18.6. The maximum Gasteiger partial charge on any atom is 0.342 e. The molecule has 1 atom stereocenters. The van der Waals surface area contributed by atoms with Gasteiger partial charge in [0.2, 0.25) is 0 Å². The summed E-state index contributed by atoms with van der Waals surface area (Å²) < 4.78 is 11.8. The predicted molar refractivity (Wildman–Crippen MR) is 134 cm³/mol. The standard InChI is InChI=1S/C29H19N3O3/c33-29-27-25(17-10-12-19(13-11-17)34-18-6-2-1-3-7-18)26-21-16-30-32-22(21)14-15-23(26)31-28(27)20-8-4-5-9-24(20)35-29/h1-15,25,31H,16H2. The highest BCUT2D eigenvalue weighted by Crippen LogP contribution is 2.50. The van der Waals surface area contributed by atoms with E-state index in [1.807, 2.05) is 91.0 Å². The fourth-order valence-corrected chi connectivity index (χ4v) is 5.06. The average molecular weight is 457 g/mol. The molecule has 0 fully saturated rings. The second kappa shape index (κ2) is 7.67. The third-order valence-corrected chi connectivity index (χ3v) is 6.62. The molecule has 0 amide bonds. The van der Waals surface area contributed by atoms with Gasteiger partial charge in [-0.05, 0) is 59.7 Å². The number of anilines is 2. The molecule has 0 bridgehead atoms. The van der Waals surface area contributed by atoms with Crippen LogP contribution in [0.1, 0.15) is 28.2 Å². The Balaban J connectivity index is 1.42. The zero-order chi connectivity index (χ0) is 23.4. The Morgan fingerprint density at radius 3 is 2.46 bits per heavy atom. The Labute approximate surface area is 200 Å². The van der Waals surface area contributed by atoms with Gasteiger partial charge in [0.1, 0.15) is 17.1 Å². The fraction of sp³-hybridized carbons (Fsp3) is 0.0690. The quantitative estimate of drug-likeness (QED) is 0.281. The van der Waals surface area contributed by atoms with Gasteiger partial charge >= 0.3 is 5.63 Å². The van der Waals surface area contributed by atoms with Gasteiger partial charge in [0, 0.05) is 22.6 Å². The monoisotopic (exact) mass is 457 g/mol. The van der Waals surface area contributed by atoms with Crippen molar-refractivity contribution in [2.45, 2.75) is 12.5 Å². The summed E-state index contributed by atoms with van der Waals surface area (Å²) in [6, 6.07) is 29.2. The van der Waals surface area contributed by atoms with Crippen LogP contribution in [0, 0.1) is 0 Å². The largest absolute Gasteiger partial charge is 0.457 e. The van der Waals surface area contributed by atoms with Gasteiger partial charge in [-0.1, -0.05) is 42.5 Å². The molecule has 0 radical (unpaired) electrons. The molecular weight excluding hydrogens is 438 g/mol. The first-order chi connectivity index (χ1) is 17.3. The van der Waals surface area contributed by atoms with Gasteiger partial charge in [-0.15, -0.1) is 0 Å². The summed E-state index contributed by atoms with van der Waals surface area (Å²) in [4.78, 5) is 13.4. The first-order valence-electron chi connectivity index (χ1n) is 11.5. The number of hydrogen-bond donors (Lipinski definition) is 1. The Hall–Kier alpha value is -4.71. The first-order valence-corrected chi connectivity index (χ1v) is 11.5. The van der Waals surface area contributed by atoms with E-state index in [1.165, 1.54) is 0 Å². The van der Waals surface area contributed by atoms with Crippen LogP contribution in [0.4, 0.5) is 17.1 Å². The lowest BCUT2D eigenvalue weighted by Crippen LogP contribution is -2.23. The molecule has 2 aliphatic heterocycles. The summed E-state index contributed by atoms with van der Waals surface area (Å²) >= 11 is 0. The van der Waals surface area contributed by atoms with Crippen molar-refractivity contribution >= 4 is 28.0 Å². The molecule has 1 N–H and O–H groups in total. The van der Waals surface area contributed by atoms with Gasteiger partial charge in [-0.3, -0.25) is 0 Å². The highest BCUT2D eigenvalue weighted by Gasteiger charge is 2.35. The molecule has 4 aromatic carbocycles. The van der Waals surface area contributed by atoms with E-state index in [9.17, 15) is 4.79 Å². The van der Waals surface area contributed by atoms with Gasteiger partial charge in [0.25, 0.3) is 0 Å². The number of para-hydroxylation sites is 2. The number of nitrogens with zero attached hydrogens (tertiary/aromatic N) is 2. The molecule has 7 rings (SSSR count). The van der Waals surface area contributed by atoms with Crippen LogP contribution in [0.3, 0.4) is 0 Å². The van der Waals surface area contributed by atoms with Gasteiger partial charge in [0.05, 0.1) is 23.5 Å². The summed E-state index contributed by atoms with van der Waals surface area (Å²) in [6.45, 7) is 0.486. The molecule has 5 aromatic rings. The molecule has 0 aliphatic carbocycles. The number of hydrogen-bond acceptors (Lipinski definition) is 6. The van der Waals surface area contributed by atoms with Gasteiger partial charge < -0.3 is 14.5 Å². The van der Waals surface area contributed by atoms with Crippen LogP contribution in [0.25, 0.3) is 11.0 Å². The summed E-state index contributed by atoms with van der Waals surface area (Å²) in [7, 11) is 0. The molecule has 2 aliphatic rings. The van der Waals surface area contributed by atoms with Crippen LogP contribution < -0.4 is 15.7 Å². The first kappa shape index (κ1) is 19.7. The van der Waals surface area contributed by atoms with E-state index in [0.717, 1.165) is 50.6 Å². The predicted octanol–water partition coefficient (Wildman–Crippen LogP) is 7.42. The highest BCUT2D eigenvalue weighted by atomic mass is 16.5. The number of benzene rings is 4. The minimum absolute atomic E-state index is 0.327. The Morgan fingerprint density at radius 1 is 0.829 bits per heavy atom. The third kappa shape index (κ3) is 3.14. The van der Waals surface area contributed by atoms with Crippen LogP contribution >= 0.6 is 0 Å². The molecule has 6 heteroatoms. The normalized spacial score (nSPS) is 15.3. The van der Waals surface area contributed by atoms with Crippen molar-refractivity contribution in [2.75, 3.05) is 5.32 Å². The average Bonchev–Trinajstić information content (AvgIpc) is 3.38. The van der Waals surface area contributed by atoms with Crippen molar-refractivity contribution in [3.05, 3.63) is 124 Å². The zero-order valence-corrected chi connectivity index (χ0v) is 18.6. The van der Waals surface area contributed by atoms with Crippen molar-refractivity contribution < 1.29 is 9.15 Å². The summed E-state index contributed by atoms with van der Waals surface area (Å²) in [6.07, 6.45) is 0. The van der Waals surface area contributed by atoms with Crippen LogP contribution in [-0.4, -0.2) is 0 Å². The number of nitrogens with one attached hydrogen (secondary N) is 1. The Morgan fingerprint density at radius 2 is 1.60 bits per heavy atom. The van der Waals surface area contributed by atoms with Crippen molar-refractivity contribution in [1.29, 1.82) is 0 Å². The number of rotatable bonds is 3. The smallest absolute Gasteiger partial charge is 0.342 e. The van der Waals surface area contributed by atoms with Crippen LogP contribution in [-0.2, 0) is 6.54 Å². The minimum atomic E-state index is -0.351. The van der Waals surface area contributed by atoms with E-state index in [1.54, 1.807) is 0 Å². The number of azo groups is 1. The van der Waals surface area contributed by atoms with Crippen molar-refractivity contribution in [2.24, 2.45) is 10.2 Å². The molecule has 168 valence electrons. The molecule has 1 aromatic heterocycles. The Bertz CT molecular complexity index is 1690. The summed E-state index contributed by atoms with van der Waals surface area (Å²) in [5.41, 5.74) is 6.39. The van der Waals surface area contributed by atoms with Crippen molar-refractivity contribution in [3.63, 3.8) is 0 Å². The van der Waals surface area contributed by atoms with E-state index in [2.05, 4.69) is 15.5 Å². The fourth-order valence-electron chi connectivity index (χ4n) is 5.06. The molecule has 35 heavy (non-hydrogen) atoms. The second-order valence-corrected chi connectivity index (χ2v) is 8.64. The molecular formula is C29H19N3O3. The lowest BCUT2D eigenvalue weighted by atomic mass is 9.78. The van der Waals surface area contributed by atoms with E-state index in [4.69, 9.17) is 9.15 Å². The van der Waals surface area contributed by atoms with E-state index in [-0.39, 0.29) is 11.5 Å². The second-order valence-electron chi connectivity index (χ2n) is 8.64. The van der Waals surface area contributed by atoms with E-state index in [0.29, 0.717) is 17.7 Å². The van der Waals surface area contributed by atoms with Crippen molar-refractivity contribution in [1.82, 2.24) is 0 Å². The Kier molecular flexibility index (Phi) is 4.32. The van der Waals surface area contributed by atoms with Crippen LogP contribution in [0.5, 0.6) is 11.5 Å². The van der Waals surface area contributed by atoms with E-state index < -0.39 is 0 Å². The number of fused-ring (bicyclic) bond motifs is 6. The number of ether oxygens (including phenoxy) is 1. The topological polar surface area (TPSA) is 76.2 Å². The third-order valence-electron chi connectivity index (χ3n) is 6.62. The molecule has 0 saturated heterocycles. The lowest BCUT2D eigenvalue weighted by molar-refractivity contribution is 0.482.